The molecule has 22 heavy (non-hydrogen) atoms. The van der Waals surface area contributed by atoms with Crippen LogP contribution in [-0.4, -0.2) is 16.9 Å². The van der Waals surface area contributed by atoms with Gasteiger partial charge in [-0.3, -0.25) is 9.59 Å². The zero-order valence-corrected chi connectivity index (χ0v) is 11.9. The number of hydrogen-bond acceptors (Lipinski definition) is 2. The van der Waals surface area contributed by atoms with Gasteiger partial charge in [0.15, 0.2) is 5.78 Å². The van der Waals surface area contributed by atoms with Gasteiger partial charge in [0.25, 0.3) is 0 Å². The lowest BCUT2D eigenvalue weighted by atomic mass is 9.76. The minimum absolute atomic E-state index is 0.0718. The van der Waals surface area contributed by atoms with E-state index in [0.29, 0.717) is 12.8 Å². The molecule has 0 spiro atoms. The van der Waals surface area contributed by atoms with E-state index in [-0.39, 0.29) is 23.7 Å². The first kappa shape index (κ1) is 16.5. The molecule has 1 aromatic carbocycles. The van der Waals surface area contributed by atoms with Crippen molar-refractivity contribution in [1.82, 2.24) is 0 Å². The van der Waals surface area contributed by atoms with E-state index in [2.05, 4.69) is 0 Å². The molecular weight excluding hydrogens is 297 g/mol. The van der Waals surface area contributed by atoms with Crippen molar-refractivity contribution in [1.29, 1.82) is 0 Å². The number of benzene rings is 1. The SMILES string of the molecule is O=C(C[C@@H]1CCCC[C@@H]1C(=O)O)c1ccc(C(F)(F)F)cc1. The molecule has 1 aliphatic rings. The number of ketones is 1. The molecule has 0 aliphatic heterocycles. The van der Waals surface area contributed by atoms with Gasteiger partial charge >= 0.3 is 12.1 Å². The summed E-state index contributed by atoms with van der Waals surface area (Å²) in [6.07, 6.45) is -1.41. The van der Waals surface area contributed by atoms with Crippen LogP contribution in [0.2, 0.25) is 0 Å². The Kier molecular flexibility index (Phi) is 4.88. The van der Waals surface area contributed by atoms with E-state index in [1.807, 2.05) is 0 Å². The van der Waals surface area contributed by atoms with E-state index >= 15 is 0 Å². The quantitative estimate of drug-likeness (QED) is 0.849. The maximum atomic E-state index is 12.5. The molecule has 0 bridgehead atoms. The number of alkyl halides is 3. The Balaban J connectivity index is 2.06. The third-order valence-electron chi connectivity index (χ3n) is 4.21. The average molecular weight is 314 g/mol. The van der Waals surface area contributed by atoms with Crippen molar-refractivity contribution >= 4 is 11.8 Å². The largest absolute Gasteiger partial charge is 0.481 e. The highest BCUT2D eigenvalue weighted by molar-refractivity contribution is 5.96. The first-order chi connectivity index (χ1) is 10.3. The number of halogens is 3. The van der Waals surface area contributed by atoms with Gasteiger partial charge in [-0.25, -0.2) is 0 Å². The van der Waals surface area contributed by atoms with E-state index in [1.54, 1.807) is 0 Å². The monoisotopic (exact) mass is 314 g/mol. The molecule has 1 fully saturated rings. The summed E-state index contributed by atoms with van der Waals surface area (Å²) in [5.74, 6) is -1.97. The highest BCUT2D eigenvalue weighted by Crippen LogP contribution is 2.34. The van der Waals surface area contributed by atoms with Crippen molar-refractivity contribution in [2.24, 2.45) is 11.8 Å². The second-order valence-electron chi connectivity index (χ2n) is 5.69. The zero-order chi connectivity index (χ0) is 16.3. The fourth-order valence-electron chi connectivity index (χ4n) is 2.98. The van der Waals surface area contributed by atoms with E-state index in [0.717, 1.165) is 37.1 Å². The Morgan fingerprint density at radius 3 is 2.23 bits per heavy atom. The number of carbonyl (C=O) groups is 2. The van der Waals surface area contributed by atoms with Crippen LogP contribution < -0.4 is 0 Å². The summed E-state index contributed by atoms with van der Waals surface area (Å²) in [6, 6.07) is 4.07. The van der Waals surface area contributed by atoms with Crippen LogP contribution >= 0.6 is 0 Å². The van der Waals surface area contributed by atoms with Crippen LogP contribution in [0.25, 0.3) is 0 Å². The summed E-state index contributed by atoms with van der Waals surface area (Å²) in [6.45, 7) is 0. The summed E-state index contributed by atoms with van der Waals surface area (Å²) in [4.78, 5) is 23.4. The molecule has 3 nitrogen and oxygen atoms in total. The van der Waals surface area contributed by atoms with E-state index < -0.39 is 23.6 Å². The molecule has 2 atom stereocenters. The lowest BCUT2D eigenvalue weighted by molar-refractivity contribution is -0.144. The summed E-state index contributed by atoms with van der Waals surface area (Å²) < 4.78 is 37.4. The molecule has 120 valence electrons. The average Bonchev–Trinajstić information content (AvgIpc) is 2.46. The minimum atomic E-state index is -4.43. The molecular formula is C16H17F3O3. The molecule has 2 rings (SSSR count). The molecule has 0 heterocycles. The van der Waals surface area contributed by atoms with Crippen LogP contribution in [0.4, 0.5) is 13.2 Å². The van der Waals surface area contributed by atoms with Gasteiger partial charge in [-0.1, -0.05) is 25.0 Å². The third-order valence-corrected chi connectivity index (χ3v) is 4.21. The first-order valence-electron chi connectivity index (χ1n) is 7.22. The van der Waals surface area contributed by atoms with E-state index in [1.165, 1.54) is 0 Å². The van der Waals surface area contributed by atoms with Gasteiger partial charge in [0.05, 0.1) is 11.5 Å². The van der Waals surface area contributed by atoms with Crippen LogP contribution in [0, 0.1) is 11.8 Å². The van der Waals surface area contributed by atoms with Crippen LogP contribution in [0.5, 0.6) is 0 Å². The number of aliphatic carboxylic acids is 1. The predicted octanol–water partition coefficient (Wildman–Crippen LogP) is 4.17. The third kappa shape index (κ3) is 3.87. The number of carbonyl (C=O) groups excluding carboxylic acids is 1. The van der Waals surface area contributed by atoms with Gasteiger partial charge in [0, 0.05) is 12.0 Å². The molecule has 1 aromatic rings. The summed E-state index contributed by atoms with van der Waals surface area (Å²) in [5.41, 5.74) is -0.604. The van der Waals surface area contributed by atoms with Crippen molar-refractivity contribution in [3.63, 3.8) is 0 Å². The highest BCUT2D eigenvalue weighted by Gasteiger charge is 2.33. The second-order valence-corrected chi connectivity index (χ2v) is 5.69. The maximum Gasteiger partial charge on any atom is 0.416 e. The zero-order valence-electron chi connectivity index (χ0n) is 11.9. The number of hydrogen-bond donors (Lipinski definition) is 1. The van der Waals surface area contributed by atoms with Crippen molar-refractivity contribution in [3.8, 4) is 0 Å². The molecule has 0 unspecified atom stereocenters. The fraction of sp³-hybridized carbons (Fsp3) is 0.500. The number of rotatable bonds is 4. The van der Waals surface area contributed by atoms with Crippen LogP contribution in [0.15, 0.2) is 24.3 Å². The van der Waals surface area contributed by atoms with Gasteiger partial charge in [-0.05, 0) is 30.9 Å². The van der Waals surface area contributed by atoms with Crippen LogP contribution in [-0.2, 0) is 11.0 Å². The van der Waals surface area contributed by atoms with Crippen molar-refractivity contribution in [3.05, 3.63) is 35.4 Å². The lowest BCUT2D eigenvalue weighted by Crippen LogP contribution is -2.28. The van der Waals surface area contributed by atoms with Crippen molar-refractivity contribution < 1.29 is 27.9 Å². The Hall–Kier alpha value is -1.85. The Labute approximate surface area is 126 Å². The highest BCUT2D eigenvalue weighted by atomic mass is 19.4. The van der Waals surface area contributed by atoms with E-state index in [9.17, 15) is 27.9 Å². The lowest BCUT2D eigenvalue weighted by Gasteiger charge is -2.27. The smallest absolute Gasteiger partial charge is 0.416 e. The predicted molar refractivity (Wildman–Crippen MR) is 73.5 cm³/mol. The fourth-order valence-corrected chi connectivity index (χ4v) is 2.98. The summed E-state index contributed by atoms with van der Waals surface area (Å²) in [5, 5.41) is 9.18. The second kappa shape index (κ2) is 6.50. The van der Waals surface area contributed by atoms with Crippen molar-refractivity contribution in [2.45, 2.75) is 38.3 Å². The van der Waals surface area contributed by atoms with Gasteiger partial charge in [-0.15, -0.1) is 0 Å². The van der Waals surface area contributed by atoms with Gasteiger partial charge in [-0.2, -0.15) is 13.2 Å². The number of Topliss-reactive ketones (excluding diaryl/α,β-unsaturated/α-hetero) is 1. The maximum absolute atomic E-state index is 12.5. The van der Waals surface area contributed by atoms with Crippen molar-refractivity contribution in [2.75, 3.05) is 0 Å². The number of carboxylic acid groups (broad SMARTS) is 1. The molecule has 0 radical (unpaired) electrons. The van der Waals surface area contributed by atoms with Crippen LogP contribution in [0.1, 0.15) is 48.0 Å². The summed E-state index contributed by atoms with van der Waals surface area (Å²) >= 11 is 0. The molecule has 6 heteroatoms. The van der Waals surface area contributed by atoms with Gasteiger partial charge < -0.3 is 5.11 Å². The molecule has 1 aliphatic carbocycles. The molecule has 1 N–H and O–H groups in total. The topological polar surface area (TPSA) is 54.4 Å². The Morgan fingerprint density at radius 1 is 1.09 bits per heavy atom. The molecule has 0 aromatic heterocycles. The molecule has 1 saturated carbocycles. The van der Waals surface area contributed by atoms with Crippen LogP contribution in [0.3, 0.4) is 0 Å². The Bertz CT molecular complexity index is 549. The Morgan fingerprint density at radius 2 is 1.68 bits per heavy atom. The normalized spacial score (nSPS) is 22.3. The first-order valence-corrected chi connectivity index (χ1v) is 7.22. The molecule has 0 saturated heterocycles. The summed E-state index contributed by atoms with van der Waals surface area (Å²) in [7, 11) is 0. The van der Waals surface area contributed by atoms with E-state index in [4.69, 9.17) is 0 Å². The molecule has 0 amide bonds. The standard InChI is InChI=1S/C16H17F3O3/c17-16(18,19)12-7-5-10(6-8-12)14(20)9-11-3-1-2-4-13(11)15(21)22/h5-8,11,13H,1-4,9H2,(H,21,22)/t11-,13-/m0/s1. The van der Waals surface area contributed by atoms with Gasteiger partial charge in [0.2, 0.25) is 0 Å². The number of carboxylic acids is 1. The minimum Gasteiger partial charge on any atom is -0.481 e. The van der Waals surface area contributed by atoms with Gasteiger partial charge in [0.1, 0.15) is 0 Å².